The van der Waals surface area contributed by atoms with Gasteiger partial charge in [0.25, 0.3) is 0 Å². The van der Waals surface area contributed by atoms with Crippen LogP contribution in [0.5, 0.6) is 0 Å². The summed E-state index contributed by atoms with van der Waals surface area (Å²) in [6, 6.07) is 7.84. The van der Waals surface area contributed by atoms with E-state index in [0.29, 0.717) is 12.2 Å². The van der Waals surface area contributed by atoms with Gasteiger partial charge in [-0.3, -0.25) is 4.79 Å². The largest absolute Gasteiger partial charge is 0.466 e. The highest BCUT2D eigenvalue weighted by atomic mass is 16.5. The van der Waals surface area contributed by atoms with Gasteiger partial charge in [0.2, 0.25) is 0 Å². The van der Waals surface area contributed by atoms with E-state index in [-0.39, 0.29) is 11.9 Å². The van der Waals surface area contributed by atoms with Gasteiger partial charge >= 0.3 is 5.97 Å². The van der Waals surface area contributed by atoms with Crippen molar-refractivity contribution in [2.75, 3.05) is 6.61 Å². The monoisotopic (exact) mass is 229 g/mol. The Morgan fingerprint density at radius 3 is 3.06 bits per heavy atom. The van der Waals surface area contributed by atoms with Crippen molar-refractivity contribution < 1.29 is 9.53 Å². The number of hydrogen-bond acceptors (Lipinski definition) is 3. The maximum atomic E-state index is 11.7. The van der Waals surface area contributed by atoms with Gasteiger partial charge in [0.15, 0.2) is 0 Å². The van der Waals surface area contributed by atoms with E-state index in [1.165, 1.54) is 11.1 Å². The summed E-state index contributed by atoms with van der Waals surface area (Å²) >= 11 is 0. The third-order valence-corrected chi connectivity index (χ3v) is 3.18. The number of rotatable bonds is 2. The highest BCUT2D eigenvalue weighted by Gasteiger charge is 2.25. The lowest BCUT2D eigenvalue weighted by Gasteiger charge is -2.23. The number of carbonyl (C=O) groups excluding carboxylic acids is 1. The summed E-state index contributed by atoms with van der Waals surface area (Å²) in [7, 11) is 0. The number of nitrogens with zero attached hydrogens (tertiary/aromatic N) is 1. The molecule has 1 aliphatic rings. The van der Waals surface area contributed by atoms with E-state index < -0.39 is 0 Å². The van der Waals surface area contributed by atoms with Crippen LogP contribution < -0.4 is 0 Å². The zero-order valence-electron chi connectivity index (χ0n) is 9.90. The van der Waals surface area contributed by atoms with Gasteiger partial charge in [0.1, 0.15) is 0 Å². The van der Waals surface area contributed by atoms with E-state index in [0.717, 1.165) is 19.3 Å². The van der Waals surface area contributed by atoms with Crippen LogP contribution in [0, 0.1) is 17.2 Å². The van der Waals surface area contributed by atoms with Crippen LogP contribution in [-0.4, -0.2) is 12.6 Å². The first-order valence-electron chi connectivity index (χ1n) is 5.93. The van der Waals surface area contributed by atoms with Crippen molar-refractivity contribution in [1.29, 1.82) is 5.26 Å². The van der Waals surface area contributed by atoms with E-state index in [4.69, 9.17) is 10.00 Å². The Kier molecular flexibility index (Phi) is 3.43. The first kappa shape index (κ1) is 11.7. The van der Waals surface area contributed by atoms with Gasteiger partial charge in [0, 0.05) is 0 Å². The number of hydrogen-bond donors (Lipinski definition) is 0. The van der Waals surface area contributed by atoms with Crippen LogP contribution >= 0.6 is 0 Å². The molecule has 0 fully saturated rings. The van der Waals surface area contributed by atoms with Crippen LogP contribution in [0.15, 0.2) is 18.2 Å². The van der Waals surface area contributed by atoms with Crippen LogP contribution in [-0.2, 0) is 22.4 Å². The highest BCUT2D eigenvalue weighted by molar-refractivity contribution is 5.73. The van der Waals surface area contributed by atoms with Crippen LogP contribution in [0.1, 0.15) is 30.0 Å². The van der Waals surface area contributed by atoms with Gasteiger partial charge in [-0.15, -0.1) is 0 Å². The van der Waals surface area contributed by atoms with Gasteiger partial charge in [-0.25, -0.2) is 0 Å². The number of aryl methyl sites for hydroxylation is 1. The van der Waals surface area contributed by atoms with Crippen LogP contribution in [0.25, 0.3) is 0 Å². The third-order valence-electron chi connectivity index (χ3n) is 3.18. The molecule has 0 bridgehead atoms. The minimum absolute atomic E-state index is 0.0182. The summed E-state index contributed by atoms with van der Waals surface area (Å²) in [4.78, 5) is 11.7. The fourth-order valence-corrected chi connectivity index (χ4v) is 2.29. The fourth-order valence-electron chi connectivity index (χ4n) is 2.29. The fraction of sp³-hybridized carbons (Fsp3) is 0.429. The molecule has 0 saturated carbocycles. The molecule has 0 amide bonds. The lowest BCUT2D eigenvalue weighted by Crippen LogP contribution is -2.24. The maximum absolute atomic E-state index is 11.7. The van der Waals surface area contributed by atoms with E-state index in [1.807, 2.05) is 25.1 Å². The van der Waals surface area contributed by atoms with Crippen molar-refractivity contribution in [2.45, 2.75) is 26.2 Å². The van der Waals surface area contributed by atoms with Crippen molar-refractivity contribution in [3.8, 4) is 6.07 Å². The second-order valence-electron chi connectivity index (χ2n) is 4.29. The average molecular weight is 229 g/mol. The molecule has 0 aromatic heterocycles. The molecule has 3 heteroatoms. The third kappa shape index (κ3) is 2.47. The van der Waals surface area contributed by atoms with Crippen LogP contribution in [0.2, 0.25) is 0 Å². The normalized spacial score (nSPS) is 18.0. The summed E-state index contributed by atoms with van der Waals surface area (Å²) in [5, 5.41) is 8.83. The summed E-state index contributed by atoms with van der Waals surface area (Å²) < 4.78 is 5.05. The van der Waals surface area contributed by atoms with E-state index in [1.54, 1.807) is 0 Å². The molecule has 0 N–H and O–H groups in total. The smallest absolute Gasteiger partial charge is 0.309 e. The van der Waals surface area contributed by atoms with Crippen LogP contribution in [0.4, 0.5) is 0 Å². The first-order chi connectivity index (χ1) is 8.24. The predicted octanol–water partition coefficient (Wildman–Crippen LogP) is 2.23. The van der Waals surface area contributed by atoms with Gasteiger partial charge < -0.3 is 4.74 Å². The van der Waals surface area contributed by atoms with Gasteiger partial charge in [-0.05, 0) is 49.4 Å². The summed E-state index contributed by atoms with van der Waals surface area (Å²) in [5.41, 5.74) is 3.07. The molecule has 3 nitrogen and oxygen atoms in total. The van der Waals surface area contributed by atoms with E-state index in [2.05, 4.69) is 6.07 Å². The van der Waals surface area contributed by atoms with Crippen LogP contribution in [0.3, 0.4) is 0 Å². The molecule has 0 unspecified atom stereocenters. The Labute approximate surface area is 101 Å². The standard InChI is InChI=1S/C14H15NO2/c1-2-17-14(16)13-6-5-11-7-10(9-15)3-4-12(11)8-13/h3-4,7,13H,2,5-6,8H2,1H3/t13-/m1/s1. The SMILES string of the molecule is CCOC(=O)[C@@H]1CCc2cc(C#N)ccc2C1. The maximum Gasteiger partial charge on any atom is 0.309 e. The van der Waals surface area contributed by atoms with E-state index >= 15 is 0 Å². The number of fused-ring (bicyclic) bond motifs is 1. The molecule has 1 atom stereocenters. The average Bonchev–Trinajstić information content (AvgIpc) is 2.37. The molecule has 0 spiro atoms. The Hall–Kier alpha value is -1.82. The molecular formula is C14H15NO2. The van der Waals surface area contributed by atoms with Gasteiger partial charge in [-0.1, -0.05) is 6.07 Å². The molecule has 0 saturated heterocycles. The van der Waals surface area contributed by atoms with Gasteiger partial charge in [0.05, 0.1) is 24.2 Å². The molecule has 88 valence electrons. The summed E-state index contributed by atoms with van der Waals surface area (Å²) in [6.45, 7) is 2.27. The number of benzene rings is 1. The molecule has 17 heavy (non-hydrogen) atoms. The Balaban J connectivity index is 2.15. The predicted molar refractivity (Wildman–Crippen MR) is 63.3 cm³/mol. The lowest BCUT2D eigenvalue weighted by atomic mass is 9.83. The number of carbonyl (C=O) groups is 1. The zero-order valence-corrected chi connectivity index (χ0v) is 9.90. The van der Waals surface area contributed by atoms with E-state index in [9.17, 15) is 4.79 Å². The Morgan fingerprint density at radius 1 is 1.53 bits per heavy atom. The topological polar surface area (TPSA) is 50.1 Å². The molecule has 0 aliphatic heterocycles. The van der Waals surface area contributed by atoms with Crippen molar-refractivity contribution in [3.63, 3.8) is 0 Å². The van der Waals surface area contributed by atoms with Crippen molar-refractivity contribution in [2.24, 2.45) is 5.92 Å². The minimum Gasteiger partial charge on any atom is -0.466 e. The molecule has 1 aromatic carbocycles. The second kappa shape index (κ2) is 5.01. The summed E-state index contributed by atoms with van der Waals surface area (Å²) in [5.74, 6) is -0.113. The zero-order chi connectivity index (χ0) is 12.3. The van der Waals surface area contributed by atoms with Crippen molar-refractivity contribution in [1.82, 2.24) is 0 Å². The van der Waals surface area contributed by atoms with Gasteiger partial charge in [-0.2, -0.15) is 5.26 Å². The molecule has 1 aliphatic carbocycles. The van der Waals surface area contributed by atoms with Crippen molar-refractivity contribution in [3.05, 3.63) is 34.9 Å². The lowest BCUT2D eigenvalue weighted by molar-refractivity contribution is -0.148. The molecule has 0 heterocycles. The number of esters is 1. The highest BCUT2D eigenvalue weighted by Crippen LogP contribution is 2.27. The van der Waals surface area contributed by atoms with Crippen molar-refractivity contribution >= 4 is 5.97 Å². The molecule has 0 radical (unpaired) electrons. The summed E-state index contributed by atoms with van der Waals surface area (Å²) in [6.07, 6.45) is 2.41. The number of ether oxygens (including phenoxy) is 1. The number of nitriles is 1. The second-order valence-corrected chi connectivity index (χ2v) is 4.29. The Bertz CT molecular complexity index is 474. The Morgan fingerprint density at radius 2 is 2.35 bits per heavy atom. The minimum atomic E-state index is -0.0949. The first-order valence-corrected chi connectivity index (χ1v) is 5.93. The molecule has 1 aromatic rings. The quantitative estimate of drug-likeness (QED) is 0.731. The molecule has 2 rings (SSSR count). The molecular weight excluding hydrogens is 214 g/mol.